The first-order chi connectivity index (χ1) is 12.6. The Morgan fingerprint density at radius 3 is 2.81 bits per heavy atom. The molecule has 2 aromatic heterocycles. The lowest BCUT2D eigenvalue weighted by Gasteiger charge is -2.20. The number of amides is 1. The van der Waals surface area contributed by atoms with Crippen molar-refractivity contribution in [1.29, 1.82) is 0 Å². The molecular weight excluding hydrogens is 348 g/mol. The Morgan fingerprint density at radius 1 is 1.23 bits per heavy atom. The van der Waals surface area contributed by atoms with Gasteiger partial charge >= 0.3 is 0 Å². The van der Waals surface area contributed by atoms with E-state index in [-0.39, 0.29) is 17.0 Å². The van der Waals surface area contributed by atoms with E-state index in [1.165, 1.54) is 12.8 Å². The van der Waals surface area contributed by atoms with Crippen LogP contribution in [0.5, 0.6) is 0 Å². The molecule has 0 saturated carbocycles. The van der Waals surface area contributed by atoms with Gasteiger partial charge in [-0.05, 0) is 50.2 Å². The predicted octanol–water partition coefficient (Wildman–Crippen LogP) is 2.25. The Hall–Kier alpha value is -2.15. The molecule has 0 aromatic carbocycles. The van der Waals surface area contributed by atoms with E-state index in [2.05, 4.69) is 15.2 Å². The number of aromatic nitrogens is 2. The molecule has 0 atom stereocenters. The molecule has 1 amide bonds. The van der Waals surface area contributed by atoms with Crippen LogP contribution in [0.4, 0.5) is 5.13 Å². The van der Waals surface area contributed by atoms with E-state index in [0.29, 0.717) is 6.54 Å². The number of nitrogens with zero attached hydrogens (tertiary/aromatic N) is 3. The fourth-order valence-electron chi connectivity index (χ4n) is 3.85. The zero-order valence-electron chi connectivity index (χ0n) is 15.1. The molecule has 7 heteroatoms. The van der Waals surface area contributed by atoms with Gasteiger partial charge in [0.25, 0.3) is 11.5 Å². The quantitative estimate of drug-likeness (QED) is 0.894. The number of pyridine rings is 1. The van der Waals surface area contributed by atoms with E-state index < -0.39 is 0 Å². The summed E-state index contributed by atoms with van der Waals surface area (Å²) in [4.78, 5) is 32.0. The monoisotopic (exact) mass is 372 g/mol. The first kappa shape index (κ1) is 17.3. The highest BCUT2D eigenvalue weighted by atomic mass is 32.1. The topological polar surface area (TPSA) is 67.2 Å². The minimum atomic E-state index is -0.310. The van der Waals surface area contributed by atoms with E-state index in [4.69, 9.17) is 0 Å². The van der Waals surface area contributed by atoms with Crippen LogP contribution in [0.3, 0.4) is 0 Å². The van der Waals surface area contributed by atoms with Crippen LogP contribution in [-0.4, -0.2) is 28.5 Å². The molecule has 2 aromatic rings. The third-order valence-corrected chi connectivity index (χ3v) is 6.28. The molecule has 0 bridgehead atoms. The normalized spacial score (nSPS) is 16.6. The van der Waals surface area contributed by atoms with Gasteiger partial charge in [-0.25, -0.2) is 4.98 Å². The Kier molecular flexibility index (Phi) is 4.80. The first-order valence-electron chi connectivity index (χ1n) is 9.33. The van der Waals surface area contributed by atoms with Crippen molar-refractivity contribution in [3.05, 3.63) is 44.3 Å². The SMILES string of the molecule is Cn1c2c(cc(C(=O)NCc3csc(N4CCCC4)n3)c1=O)CCCC2. The number of aryl methyl sites for hydroxylation is 1. The largest absolute Gasteiger partial charge is 0.348 e. The van der Waals surface area contributed by atoms with E-state index >= 15 is 0 Å². The number of carbonyl (C=O) groups excluding carboxylic acids is 1. The fraction of sp³-hybridized carbons (Fsp3) is 0.526. The summed E-state index contributed by atoms with van der Waals surface area (Å²) >= 11 is 1.62. The molecule has 1 aliphatic heterocycles. The smallest absolute Gasteiger partial charge is 0.263 e. The molecule has 0 spiro atoms. The van der Waals surface area contributed by atoms with Crippen LogP contribution in [0, 0.1) is 0 Å². The highest BCUT2D eigenvalue weighted by molar-refractivity contribution is 7.13. The maximum absolute atomic E-state index is 12.6. The number of hydrogen-bond donors (Lipinski definition) is 1. The van der Waals surface area contributed by atoms with Gasteiger partial charge in [0.1, 0.15) is 5.56 Å². The van der Waals surface area contributed by atoms with Crippen molar-refractivity contribution in [2.45, 2.75) is 45.1 Å². The van der Waals surface area contributed by atoms with Crippen molar-refractivity contribution in [3.63, 3.8) is 0 Å². The molecule has 4 rings (SSSR count). The molecule has 0 unspecified atom stereocenters. The standard InChI is InChI=1S/C19H24N4O2S/c1-22-16-7-3-2-6-13(16)10-15(18(22)25)17(24)20-11-14-12-26-19(21-14)23-8-4-5-9-23/h10,12H,2-9,11H2,1H3,(H,20,24). The summed E-state index contributed by atoms with van der Waals surface area (Å²) in [6.07, 6.45) is 6.51. The van der Waals surface area contributed by atoms with Crippen LogP contribution >= 0.6 is 11.3 Å². The van der Waals surface area contributed by atoms with Gasteiger partial charge in [-0.3, -0.25) is 9.59 Å². The van der Waals surface area contributed by atoms with E-state index in [0.717, 1.165) is 60.9 Å². The van der Waals surface area contributed by atoms with Crippen LogP contribution in [0.25, 0.3) is 0 Å². The number of hydrogen-bond acceptors (Lipinski definition) is 5. The van der Waals surface area contributed by atoms with Gasteiger partial charge in [-0.1, -0.05) is 0 Å². The minimum Gasteiger partial charge on any atom is -0.348 e. The Balaban J connectivity index is 1.47. The summed E-state index contributed by atoms with van der Waals surface area (Å²) in [7, 11) is 1.77. The summed E-state index contributed by atoms with van der Waals surface area (Å²) in [5, 5.41) is 5.88. The second-order valence-electron chi connectivity index (χ2n) is 7.10. The van der Waals surface area contributed by atoms with Crippen molar-refractivity contribution in [2.75, 3.05) is 18.0 Å². The third-order valence-electron chi connectivity index (χ3n) is 5.33. The number of fused-ring (bicyclic) bond motifs is 1. The van der Waals surface area contributed by atoms with Crippen molar-refractivity contribution < 1.29 is 4.79 Å². The fourth-order valence-corrected chi connectivity index (χ4v) is 4.73. The lowest BCUT2D eigenvalue weighted by Crippen LogP contribution is -2.34. The second kappa shape index (κ2) is 7.23. The van der Waals surface area contributed by atoms with Gasteiger partial charge in [-0.15, -0.1) is 11.3 Å². The average Bonchev–Trinajstić information content (AvgIpc) is 3.34. The van der Waals surface area contributed by atoms with E-state index in [9.17, 15) is 9.59 Å². The molecule has 6 nitrogen and oxygen atoms in total. The first-order valence-corrected chi connectivity index (χ1v) is 10.2. The highest BCUT2D eigenvalue weighted by Crippen LogP contribution is 2.24. The minimum absolute atomic E-state index is 0.209. The molecule has 2 aliphatic rings. The number of nitrogens with one attached hydrogen (secondary N) is 1. The highest BCUT2D eigenvalue weighted by Gasteiger charge is 2.20. The van der Waals surface area contributed by atoms with Gasteiger partial charge < -0.3 is 14.8 Å². The lowest BCUT2D eigenvalue weighted by molar-refractivity contribution is 0.0948. The van der Waals surface area contributed by atoms with Gasteiger partial charge in [0.2, 0.25) is 0 Å². The Labute approximate surface area is 156 Å². The van der Waals surface area contributed by atoms with Crippen molar-refractivity contribution in [3.8, 4) is 0 Å². The summed E-state index contributed by atoms with van der Waals surface area (Å²) < 4.78 is 1.65. The van der Waals surface area contributed by atoms with Gasteiger partial charge in [0, 0.05) is 31.2 Å². The molecule has 26 heavy (non-hydrogen) atoms. The lowest BCUT2D eigenvalue weighted by atomic mass is 9.94. The summed E-state index contributed by atoms with van der Waals surface area (Å²) in [5.41, 5.74) is 3.09. The summed E-state index contributed by atoms with van der Waals surface area (Å²) in [6, 6.07) is 1.79. The molecule has 3 heterocycles. The summed E-state index contributed by atoms with van der Waals surface area (Å²) in [5.74, 6) is -0.310. The van der Waals surface area contributed by atoms with Crippen molar-refractivity contribution in [1.82, 2.24) is 14.9 Å². The summed E-state index contributed by atoms with van der Waals surface area (Å²) in [6.45, 7) is 2.47. The number of thiazole rings is 1. The van der Waals surface area contributed by atoms with Crippen molar-refractivity contribution in [2.24, 2.45) is 7.05 Å². The van der Waals surface area contributed by atoms with E-state index in [1.54, 1.807) is 29.0 Å². The van der Waals surface area contributed by atoms with Crippen LogP contribution in [0.2, 0.25) is 0 Å². The Morgan fingerprint density at radius 2 is 2.00 bits per heavy atom. The Bertz CT molecular complexity index is 880. The zero-order chi connectivity index (χ0) is 18.1. The van der Waals surface area contributed by atoms with Crippen LogP contribution in [0.1, 0.15) is 53.0 Å². The number of carbonyl (C=O) groups is 1. The molecule has 1 N–H and O–H groups in total. The molecule has 0 radical (unpaired) electrons. The average molecular weight is 372 g/mol. The molecule has 1 fully saturated rings. The molecule has 1 saturated heterocycles. The number of rotatable bonds is 4. The predicted molar refractivity (Wildman–Crippen MR) is 103 cm³/mol. The van der Waals surface area contributed by atoms with Gasteiger partial charge in [0.15, 0.2) is 5.13 Å². The molecular formula is C19H24N4O2S. The van der Waals surface area contributed by atoms with E-state index in [1.807, 2.05) is 5.38 Å². The number of anilines is 1. The van der Waals surface area contributed by atoms with Crippen LogP contribution in [0.15, 0.2) is 16.2 Å². The molecule has 138 valence electrons. The van der Waals surface area contributed by atoms with Crippen molar-refractivity contribution >= 4 is 22.4 Å². The van der Waals surface area contributed by atoms with Gasteiger partial charge in [0.05, 0.1) is 12.2 Å². The zero-order valence-corrected chi connectivity index (χ0v) is 15.9. The molecule has 1 aliphatic carbocycles. The third kappa shape index (κ3) is 3.28. The van der Waals surface area contributed by atoms with Crippen LogP contribution < -0.4 is 15.8 Å². The van der Waals surface area contributed by atoms with Crippen LogP contribution in [-0.2, 0) is 26.4 Å². The van der Waals surface area contributed by atoms with Gasteiger partial charge in [-0.2, -0.15) is 0 Å². The maximum atomic E-state index is 12.6. The second-order valence-corrected chi connectivity index (χ2v) is 7.94. The maximum Gasteiger partial charge on any atom is 0.263 e.